The lowest BCUT2D eigenvalue weighted by molar-refractivity contribution is -0.224. The summed E-state index contributed by atoms with van der Waals surface area (Å²) in [6.45, 7) is 23.7. The molecule has 2 fully saturated rings. The number of rotatable bonds is 19. The molecule has 0 radical (unpaired) electrons. The molecule has 2 aliphatic rings. The fraction of sp³-hybridized carbons (Fsp3) is 0.491. The molecule has 0 bridgehead atoms. The molecule has 0 saturated carbocycles. The Morgan fingerprint density at radius 2 is 1.02 bits per heavy atom. The molecule has 0 aromatic heterocycles. The van der Waals surface area contributed by atoms with Gasteiger partial charge in [-0.2, -0.15) is 0 Å². The van der Waals surface area contributed by atoms with Crippen LogP contribution < -0.4 is 0 Å². The fourth-order valence-corrected chi connectivity index (χ4v) is 9.54. The lowest BCUT2D eigenvalue weighted by atomic mass is 9.94. The van der Waals surface area contributed by atoms with Gasteiger partial charge in [-0.25, -0.2) is 0 Å². The topological polar surface area (TPSA) is 90.9 Å². The lowest BCUT2D eigenvalue weighted by Gasteiger charge is -2.45. The molecule has 2 heterocycles. The third-order valence-corrected chi connectivity index (χ3v) is 22.1. The molecule has 0 aliphatic carbocycles. The molecule has 0 spiro atoms. The molecule has 4 aromatic rings. The number of carbonyl (C=O) groups is 1. The van der Waals surface area contributed by atoms with Crippen LogP contribution >= 0.6 is 0 Å². The van der Waals surface area contributed by atoms with Gasteiger partial charge in [-0.05, 0) is 64.6 Å². The molecule has 6 rings (SSSR count). The zero-order valence-electron chi connectivity index (χ0n) is 39.8. The Labute approximate surface area is 385 Å². The van der Waals surface area contributed by atoms with Gasteiger partial charge >= 0.3 is 0 Å². The highest BCUT2D eigenvalue weighted by atomic mass is 28.4. The highest BCUT2D eigenvalue weighted by molar-refractivity contribution is 6.74. The Bertz CT molecular complexity index is 2050. The van der Waals surface area contributed by atoms with Gasteiger partial charge in [0.1, 0.15) is 36.3 Å². The van der Waals surface area contributed by atoms with E-state index in [9.17, 15) is 4.79 Å². The second-order valence-corrected chi connectivity index (χ2v) is 29.8. The summed E-state index contributed by atoms with van der Waals surface area (Å²) >= 11 is 0. The summed E-state index contributed by atoms with van der Waals surface area (Å²) in [5, 5.41) is -0.144. The van der Waals surface area contributed by atoms with E-state index in [-0.39, 0.29) is 42.1 Å². The molecular formula is C53H72O9Si2. The molecule has 0 unspecified atom stereocenters. The van der Waals surface area contributed by atoms with E-state index in [2.05, 4.69) is 67.7 Å². The summed E-state index contributed by atoms with van der Waals surface area (Å²) in [6, 6.07) is 40.3. The molecule has 2 saturated heterocycles. The first-order valence-electron chi connectivity index (χ1n) is 22.9. The summed E-state index contributed by atoms with van der Waals surface area (Å²) in [6.07, 6.45) is -2.62. The first-order valence-corrected chi connectivity index (χ1v) is 28.7. The van der Waals surface area contributed by atoms with Gasteiger partial charge in [0.05, 0.1) is 45.7 Å². The van der Waals surface area contributed by atoms with Gasteiger partial charge in [-0.3, -0.25) is 4.79 Å². The minimum atomic E-state index is -2.39. The molecular weight excluding hydrogens is 837 g/mol. The Morgan fingerprint density at radius 1 is 0.562 bits per heavy atom. The first kappa shape index (κ1) is 49.7. The second-order valence-electron chi connectivity index (χ2n) is 20.2. The number of hydrogen-bond donors (Lipinski definition) is 0. The van der Waals surface area contributed by atoms with Crippen LogP contribution in [0.1, 0.15) is 70.2 Å². The fourth-order valence-electron chi connectivity index (χ4n) is 7.26. The van der Waals surface area contributed by atoms with Crippen molar-refractivity contribution in [3.63, 3.8) is 0 Å². The quantitative estimate of drug-likeness (QED) is 0.0853. The number of ether oxygens (including phenoxy) is 6. The van der Waals surface area contributed by atoms with Crippen molar-refractivity contribution >= 4 is 22.4 Å². The molecule has 2 aliphatic heterocycles. The van der Waals surface area contributed by atoms with Crippen LogP contribution in [0, 0.1) is 0 Å². The maximum Gasteiger partial charge on any atom is 0.193 e. The minimum Gasteiger partial charge on any atom is -0.487 e. The predicted molar refractivity (Wildman–Crippen MR) is 258 cm³/mol. The van der Waals surface area contributed by atoms with Crippen LogP contribution in [-0.2, 0) is 68.5 Å². The van der Waals surface area contributed by atoms with Crippen molar-refractivity contribution in [2.45, 2.75) is 153 Å². The van der Waals surface area contributed by atoms with Crippen molar-refractivity contribution in [1.82, 2.24) is 0 Å². The van der Waals surface area contributed by atoms with E-state index in [0.717, 1.165) is 22.3 Å². The van der Waals surface area contributed by atoms with Crippen LogP contribution in [0.15, 0.2) is 133 Å². The van der Waals surface area contributed by atoms with Gasteiger partial charge in [0.2, 0.25) is 0 Å². The van der Waals surface area contributed by atoms with E-state index in [1.54, 1.807) is 0 Å². The maximum atomic E-state index is 14.5. The largest absolute Gasteiger partial charge is 0.487 e. The van der Waals surface area contributed by atoms with Crippen molar-refractivity contribution in [2.75, 3.05) is 13.2 Å². The van der Waals surface area contributed by atoms with Crippen LogP contribution in [0.2, 0.25) is 36.3 Å². The van der Waals surface area contributed by atoms with Gasteiger partial charge < -0.3 is 37.3 Å². The first-order chi connectivity index (χ1) is 30.4. The SMILES string of the molecule is CC(C)(C)[Si](C)(C)OC[C@H]1O[C@H](/C=C2\O[C@H](COCc3ccccc3)[C@H](OCc3ccccc3)[C@H](OCc3ccccc3)[C@H]2OCc2ccccc2)CC(=O)[C@H]1O[Si](C)(C)C(C)(C)C. The summed E-state index contributed by atoms with van der Waals surface area (Å²) in [4.78, 5) is 14.5. The zero-order chi connectivity index (χ0) is 46.0. The van der Waals surface area contributed by atoms with Gasteiger partial charge in [0.25, 0.3) is 0 Å². The molecule has 64 heavy (non-hydrogen) atoms. The Morgan fingerprint density at radius 3 is 1.50 bits per heavy atom. The van der Waals surface area contributed by atoms with Crippen LogP contribution in [0.5, 0.6) is 0 Å². The number of Topliss-reactive ketones (excluding diaryl/α,β-unsaturated/α-hetero) is 1. The van der Waals surface area contributed by atoms with Crippen LogP contribution in [-0.4, -0.2) is 78.4 Å². The van der Waals surface area contributed by atoms with Gasteiger partial charge in [0, 0.05) is 6.42 Å². The Hall–Kier alpha value is -3.76. The van der Waals surface area contributed by atoms with E-state index in [1.165, 1.54) is 0 Å². The molecule has 7 atom stereocenters. The lowest BCUT2D eigenvalue weighted by Crippen LogP contribution is -2.57. The van der Waals surface area contributed by atoms with E-state index in [0.29, 0.717) is 25.6 Å². The summed E-state index contributed by atoms with van der Waals surface area (Å²) in [5.41, 5.74) is 4.08. The summed E-state index contributed by atoms with van der Waals surface area (Å²) in [7, 11) is -4.62. The molecule has 9 nitrogen and oxygen atoms in total. The van der Waals surface area contributed by atoms with Gasteiger partial charge in [-0.15, -0.1) is 0 Å². The number of benzene rings is 4. The molecule has 0 N–H and O–H groups in total. The third kappa shape index (κ3) is 13.7. The Balaban J connectivity index is 1.39. The van der Waals surface area contributed by atoms with E-state index < -0.39 is 59.4 Å². The number of ketones is 1. The maximum absolute atomic E-state index is 14.5. The van der Waals surface area contributed by atoms with Gasteiger partial charge in [-0.1, -0.05) is 163 Å². The van der Waals surface area contributed by atoms with Crippen molar-refractivity contribution in [2.24, 2.45) is 0 Å². The van der Waals surface area contributed by atoms with E-state index >= 15 is 0 Å². The normalized spacial score (nSPS) is 24.1. The minimum absolute atomic E-state index is 0.0111. The van der Waals surface area contributed by atoms with Crippen LogP contribution in [0.3, 0.4) is 0 Å². The summed E-state index contributed by atoms with van der Waals surface area (Å²) < 4.78 is 54.9. The van der Waals surface area contributed by atoms with E-state index in [1.807, 2.05) is 127 Å². The van der Waals surface area contributed by atoms with Crippen molar-refractivity contribution < 1.29 is 42.1 Å². The summed E-state index contributed by atoms with van der Waals surface area (Å²) in [5.74, 6) is 0.496. The van der Waals surface area contributed by atoms with Gasteiger partial charge in [0.15, 0.2) is 28.5 Å². The smallest absolute Gasteiger partial charge is 0.193 e. The number of carbonyl (C=O) groups excluding carboxylic acids is 1. The molecule has 11 heteroatoms. The average Bonchev–Trinajstić information content (AvgIpc) is 3.26. The standard InChI is InChI=1S/C53H72O9Si2/c1-52(2,3)63(7,8)59-38-47-48(62-64(9,10)53(4,5)6)44(54)31-43(60-47)32-45-49(56-34-40-25-17-12-18-26-40)51(58-36-42-29-21-14-22-30-42)50(57-35-41-27-19-13-20-28-41)46(61-45)37-55-33-39-23-15-11-16-24-39/h11-30,32,43,46-51H,31,33-38H2,1-10H3/b45-32-/t43-,46+,47+,48+,49-,50-,51+/m0/s1. The van der Waals surface area contributed by atoms with Crippen molar-refractivity contribution in [3.8, 4) is 0 Å². The molecule has 0 amide bonds. The highest BCUT2D eigenvalue weighted by Gasteiger charge is 2.50. The van der Waals surface area contributed by atoms with Crippen LogP contribution in [0.4, 0.5) is 0 Å². The number of hydrogen-bond acceptors (Lipinski definition) is 9. The Kier molecular flexibility index (Phi) is 17.2. The monoisotopic (exact) mass is 908 g/mol. The van der Waals surface area contributed by atoms with Crippen LogP contribution in [0.25, 0.3) is 0 Å². The van der Waals surface area contributed by atoms with E-state index in [4.69, 9.17) is 37.3 Å². The van der Waals surface area contributed by atoms with Crippen molar-refractivity contribution in [1.29, 1.82) is 0 Å². The van der Waals surface area contributed by atoms with Crippen molar-refractivity contribution in [3.05, 3.63) is 155 Å². The molecule has 346 valence electrons. The average molecular weight is 909 g/mol. The third-order valence-electron chi connectivity index (χ3n) is 13.2. The molecule has 4 aromatic carbocycles. The highest BCUT2D eigenvalue weighted by Crippen LogP contribution is 2.41. The second kappa shape index (κ2) is 22.2. The predicted octanol–water partition coefficient (Wildman–Crippen LogP) is 11.4. The zero-order valence-corrected chi connectivity index (χ0v) is 41.8.